The molecule has 0 aliphatic carbocycles. The standard InChI is InChI=1S/C21H23BrN2O4/c1-27-17-4-3-5-18(28-2)19(17)21(26)24-12-10-14(11-13-24)20(25)23-16-8-6-15(22)7-9-16/h3-9,14H,10-13H2,1-2H3,(H,23,25). The molecular weight excluding hydrogens is 424 g/mol. The van der Waals surface area contributed by atoms with E-state index < -0.39 is 0 Å². The van der Waals surface area contributed by atoms with Crippen LogP contribution in [0.1, 0.15) is 23.2 Å². The molecule has 1 saturated heterocycles. The molecule has 1 heterocycles. The van der Waals surface area contributed by atoms with Crippen LogP contribution < -0.4 is 14.8 Å². The zero-order valence-electron chi connectivity index (χ0n) is 15.9. The largest absolute Gasteiger partial charge is 0.496 e. The molecule has 2 aromatic carbocycles. The minimum absolute atomic E-state index is 0.00991. The molecule has 1 N–H and O–H groups in total. The smallest absolute Gasteiger partial charge is 0.261 e. The summed E-state index contributed by atoms with van der Waals surface area (Å²) in [6, 6.07) is 12.8. The fraction of sp³-hybridized carbons (Fsp3) is 0.333. The molecule has 2 amide bonds. The molecular formula is C21H23BrN2O4. The molecule has 148 valence electrons. The summed E-state index contributed by atoms with van der Waals surface area (Å²) >= 11 is 3.38. The Morgan fingerprint density at radius 1 is 1.00 bits per heavy atom. The second kappa shape index (κ2) is 9.10. The van der Waals surface area contributed by atoms with Crippen LogP contribution in [-0.4, -0.2) is 44.0 Å². The van der Waals surface area contributed by atoms with E-state index in [2.05, 4.69) is 21.2 Å². The molecule has 0 saturated carbocycles. The summed E-state index contributed by atoms with van der Waals surface area (Å²) < 4.78 is 11.6. The number of benzene rings is 2. The van der Waals surface area contributed by atoms with Crippen LogP contribution in [0.5, 0.6) is 11.5 Å². The van der Waals surface area contributed by atoms with E-state index in [4.69, 9.17) is 9.47 Å². The molecule has 1 aliphatic rings. The molecule has 3 rings (SSSR count). The highest BCUT2D eigenvalue weighted by Crippen LogP contribution is 2.31. The molecule has 2 aromatic rings. The molecule has 1 aliphatic heterocycles. The lowest BCUT2D eigenvalue weighted by molar-refractivity contribution is -0.121. The van der Waals surface area contributed by atoms with Crippen molar-refractivity contribution in [3.63, 3.8) is 0 Å². The predicted octanol–water partition coefficient (Wildman–Crippen LogP) is 3.96. The van der Waals surface area contributed by atoms with Crippen molar-refractivity contribution in [2.24, 2.45) is 5.92 Å². The van der Waals surface area contributed by atoms with Gasteiger partial charge in [0.1, 0.15) is 17.1 Å². The Morgan fingerprint density at radius 2 is 1.57 bits per heavy atom. The SMILES string of the molecule is COc1cccc(OC)c1C(=O)N1CCC(C(=O)Nc2ccc(Br)cc2)CC1. The number of nitrogens with zero attached hydrogens (tertiary/aromatic N) is 1. The number of rotatable bonds is 5. The Bertz CT molecular complexity index is 824. The van der Waals surface area contributed by atoms with Gasteiger partial charge in [0.05, 0.1) is 14.2 Å². The third kappa shape index (κ3) is 4.47. The number of nitrogens with one attached hydrogen (secondary N) is 1. The number of hydrogen-bond donors (Lipinski definition) is 1. The Balaban J connectivity index is 1.63. The van der Waals surface area contributed by atoms with Crippen molar-refractivity contribution >= 4 is 33.4 Å². The lowest BCUT2D eigenvalue weighted by Crippen LogP contribution is -2.41. The van der Waals surface area contributed by atoms with E-state index in [1.165, 1.54) is 14.2 Å². The molecule has 1 fully saturated rings. The van der Waals surface area contributed by atoms with Crippen LogP contribution in [0, 0.1) is 5.92 Å². The van der Waals surface area contributed by atoms with Crippen LogP contribution >= 0.6 is 15.9 Å². The number of hydrogen-bond acceptors (Lipinski definition) is 4. The highest BCUT2D eigenvalue weighted by molar-refractivity contribution is 9.10. The van der Waals surface area contributed by atoms with Crippen LogP contribution in [-0.2, 0) is 4.79 Å². The van der Waals surface area contributed by atoms with Crippen LogP contribution in [0.2, 0.25) is 0 Å². The molecule has 0 spiro atoms. The lowest BCUT2D eigenvalue weighted by atomic mass is 9.95. The van der Waals surface area contributed by atoms with Crippen molar-refractivity contribution in [1.82, 2.24) is 4.90 Å². The summed E-state index contributed by atoms with van der Waals surface area (Å²) in [5.41, 5.74) is 1.19. The van der Waals surface area contributed by atoms with Crippen molar-refractivity contribution in [3.8, 4) is 11.5 Å². The Morgan fingerprint density at radius 3 is 2.11 bits per heavy atom. The third-order valence-corrected chi connectivity index (χ3v) is 5.44. The third-order valence-electron chi connectivity index (χ3n) is 4.91. The van der Waals surface area contributed by atoms with Crippen molar-refractivity contribution in [3.05, 3.63) is 52.5 Å². The van der Waals surface area contributed by atoms with Gasteiger partial charge >= 0.3 is 0 Å². The fourth-order valence-electron chi connectivity index (χ4n) is 3.34. The molecule has 0 unspecified atom stereocenters. The van der Waals surface area contributed by atoms with Gasteiger partial charge in [-0.05, 0) is 49.2 Å². The van der Waals surface area contributed by atoms with Crippen molar-refractivity contribution < 1.29 is 19.1 Å². The van der Waals surface area contributed by atoms with Gasteiger partial charge in [0.15, 0.2) is 0 Å². The lowest BCUT2D eigenvalue weighted by Gasteiger charge is -2.32. The second-order valence-corrected chi connectivity index (χ2v) is 7.52. The molecule has 0 aromatic heterocycles. The Kier molecular flexibility index (Phi) is 6.57. The zero-order chi connectivity index (χ0) is 20.1. The molecule has 28 heavy (non-hydrogen) atoms. The van der Waals surface area contributed by atoms with Crippen molar-refractivity contribution in [2.75, 3.05) is 32.6 Å². The summed E-state index contributed by atoms with van der Waals surface area (Å²) in [4.78, 5) is 27.3. The zero-order valence-corrected chi connectivity index (χ0v) is 17.5. The van der Waals surface area contributed by atoms with E-state index in [1.54, 1.807) is 23.1 Å². The van der Waals surface area contributed by atoms with Gasteiger partial charge in [-0.25, -0.2) is 0 Å². The highest BCUT2D eigenvalue weighted by atomic mass is 79.9. The molecule has 0 radical (unpaired) electrons. The van der Waals surface area contributed by atoms with E-state index in [0.29, 0.717) is 43.0 Å². The number of likely N-dealkylation sites (tertiary alicyclic amines) is 1. The molecule has 0 atom stereocenters. The first kappa shape index (κ1) is 20.2. The van der Waals surface area contributed by atoms with Crippen LogP contribution in [0.4, 0.5) is 5.69 Å². The van der Waals surface area contributed by atoms with Crippen LogP contribution in [0.25, 0.3) is 0 Å². The monoisotopic (exact) mass is 446 g/mol. The number of methoxy groups -OCH3 is 2. The summed E-state index contributed by atoms with van der Waals surface area (Å²) in [5.74, 6) is 0.705. The first-order valence-corrected chi connectivity index (χ1v) is 9.89. The average molecular weight is 447 g/mol. The number of ether oxygens (including phenoxy) is 2. The number of anilines is 1. The van der Waals surface area contributed by atoms with E-state index in [-0.39, 0.29) is 17.7 Å². The van der Waals surface area contributed by atoms with Gasteiger partial charge in [-0.3, -0.25) is 9.59 Å². The Labute approximate surface area is 172 Å². The van der Waals surface area contributed by atoms with Crippen molar-refractivity contribution in [1.29, 1.82) is 0 Å². The van der Waals surface area contributed by atoms with Gasteiger partial charge in [0.25, 0.3) is 5.91 Å². The summed E-state index contributed by atoms with van der Waals surface area (Å²) in [6.07, 6.45) is 1.23. The summed E-state index contributed by atoms with van der Waals surface area (Å²) in [7, 11) is 3.06. The number of halogens is 1. The Hall–Kier alpha value is -2.54. The molecule has 6 nitrogen and oxygen atoms in total. The normalized spacial score (nSPS) is 14.5. The number of amides is 2. The van der Waals surface area contributed by atoms with Crippen LogP contribution in [0.15, 0.2) is 46.9 Å². The fourth-order valence-corrected chi connectivity index (χ4v) is 3.61. The minimum Gasteiger partial charge on any atom is -0.496 e. The first-order valence-electron chi connectivity index (χ1n) is 9.10. The second-order valence-electron chi connectivity index (χ2n) is 6.60. The summed E-state index contributed by atoms with van der Waals surface area (Å²) in [6.45, 7) is 1.02. The van der Waals surface area contributed by atoms with Gasteiger partial charge in [0.2, 0.25) is 5.91 Å². The van der Waals surface area contributed by atoms with Gasteiger partial charge in [-0.2, -0.15) is 0 Å². The van der Waals surface area contributed by atoms with E-state index in [0.717, 1.165) is 10.2 Å². The van der Waals surface area contributed by atoms with Gasteiger partial charge < -0.3 is 19.7 Å². The van der Waals surface area contributed by atoms with E-state index in [1.807, 2.05) is 24.3 Å². The maximum atomic E-state index is 13.0. The molecule has 7 heteroatoms. The maximum Gasteiger partial charge on any atom is 0.261 e. The van der Waals surface area contributed by atoms with Gasteiger partial charge in [-0.1, -0.05) is 22.0 Å². The quantitative estimate of drug-likeness (QED) is 0.754. The molecule has 0 bridgehead atoms. The number of piperidine rings is 1. The number of carbonyl (C=O) groups excluding carboxylic acids is 2. The summed E-state index contributed by atoms with van der Waals surface area (Å²) in [5, 5.41) is 2.95. The first-order chi connectivity index (χ1) is 13.5. The van der Waals surface area contributed by atoms with Gasteiger partial charge in [-0.15, -0.1) is 0 Å². The average Bonchev–Trinajstić information content (AvgIpc) is 2.74. The predicted molar refractivity (Wildman–Crippen MR) is 111 cm³/mol. The highest BCUT2D eigenvalue weighted by Gasteiger charge is 2.30. The number of carbonyl (C=O) groups is 2. The minimum atomic E-state index is -0.138. The van der Waals surface area contributed by atoms with Gasteiger partial charge in [0, 0.05) is 29.2 Å². The topological polar surface area (TPSA) is 67.9 Å². The van der Waals surface area contributed by atoms with Crippen molar-refractivity contribution in [2.45, 2.75) is 12.8 Å². The van der Waals surface area contributed by atoms with E-state index in [9.17, 15) is 9.59 Å². The van der Waals surface area contributed by atoms with E-state index >= 15 is 0 Å². The van der Waals surface area contributed by atoms with Crippen LogP contribution in [0.3, 0.4) is 0 Å². The maximum absolute atomic E-state index is 13.0.